The summed E-state index contributed by atoms with van der Waals surface area (Å²) in [4.78, 5) is 6.16. The molecule has 1 saturated heterocycles. The van der Waals surface area contributed by atoms with Crippen LogP contribution in [-0.2, 0) is 0 Å². The van der Waals surface area contributed by atoms with Gasteiger partial charge in [-0.05, 0) is 30.8 Å². The Morgan fingerprint density at radius 3 is 2.71 bits per heavy atom. The van der Waals surface area contributed by atoms with E-state index in [9.17, 15) is 4.48 Å². The molecule has 0 radical (unpaired) electrons. The molecule has 0 bridgehead atoms. The fraction of sp³-hybridized carbons (Fsp3) is 0.333. The van der Waals surface area contributed by atoms with Crippen molar-refractivity contribution < 1.29 is 4.48 Å². The molecule has 0 aromatic heterocycles. The number of hydrogen-bond donors (Lipinski definition) is 0. The smallest absolute Gasteiger partial charge is 0.230 e. The van der Waals surface area contributed by atoms with Crippen LogP contribution >= 0.6 is 12.2 Å². The SMILES string of the molecule is CN1CCCC1=NC(=S)N(F)c1ccccc1. The molecule has 0 amide bonds. The third-order valence-electron chi connectivity index (χ3n) is 2.71. The van der Waals surface area contributed by atoms with E-state index in [-0.39, 0.29) is 5.11 Å². The Bertz CT molecular complexity index is 433. The summed E-state index contributed by atoms with van der Waals surface area (Å²) in [5.41, 5.74) is 0.405. The first-order valence-electron chi connectivity index (χ1n) is 5.52. The number of thiocarbonyl (C=S) groups is 1. The third-order valence-corrected chi connectivity index (χ3v) is 2.96. The molecule has 0 unspecified atom stereocenters. The van der Waals surface area contributed by atoms with Gasteiger partial charge >= 0.3 is 0 Å². The van der Waals surface area contributed by atoms with Crippen LogP contribution in [0.5, 0.6) is 0 Å². The second kappa shape index (κ2) is 5.23. The second-order valence-corrected chi connectivity index (χ2v) is 4.32. The average Bonchev–Trinajstić information content (AvgIpc) is 2.75. The van der Waals surface area contributed by atoms with Crippen LogP contribution in [0.3, 0.4) is 0 Å². The van der Waals surface area contributed by atoms with E-state index >= 15 is 0 Å². The number of likely N-dealkylation sites (tertiary alicyclic amines) is 1. The van der Waals surface area contributed by atoms with Gasteiger partial charge in [-0.15, -0.1) is 0 Å². The van der Waals surface area contributed by atoms with Crippen LogP contribution in [0.2, 0.25) is 0 Å². The van der Waals surface area contributed by atoms with Crippen LogP contribution in [0.15, 0.2) is 35.3 Å². The summed E-state index contributed by atoms with van der Waals surface area (Å²) in [7, 11) is 1.94. The predicted octanol–water partition coefficient (Wildman–Crippen LogP) is 2.79. The molecule has 90 valence electrons. The molecule has 1 heterocycles. The molecule has 1 fully saturated rings. The van der Waals surface area contributed by atoms with Crippen molar-refractivity contribution in [3.05, 3.63) is 30.3 Å². The Morgan fingerprint density at radius 1 is 1.41 bits per heavy atom. The standard InChI is InChI=1S/C12H14FN3S/c1-15-9-5-8-11(15)14-12(17)16(13)10-6-3-2-4-7-10/h2-4,6-7H,5,8-9H2,1H3. The molecular weight excluding hydrogens is 237 g/mol. The molecule has 3 nitrogen and oxygen atoms in total. The monoisotopic (exact) mass is 251 g/mol. The molecule has 0 saturated carbocycles. The zero-order chi connectivity index (χ0) is 12.3. The summed E-state index contributed by atoms with van der Waals surface area (Å²) < 4.78 is 13.9. The highest BCUT2D eigenvalue weighted by molar-refractivity contribution is 7.80. The first-order chi connectivity index (χ1) is 8.18. The maximum absolute atomic E-state index is 13.9. The lowest BCUT2D eigenvalue weighted by molar-refractivity contribution is 0.520. The zero-order valence-electron chi connectivity index (χ0n) is 9.64. The van der Waals surface area contributed by atoms with Gasteiger partial charge in [0.25, 0.3) is 0 Å². The Kier molecular flexibility index (Phi) is 3.68. The van der Waals surface area contributed by atoms with Crippen LogP contribution in [-0.4, -0.2) is 29.4 Å². The van der Waals surface area contributed by atoms with Crippen molar-refractivity contribution in [3.8, 4) is 0 Å². The first-order valence-corrected chi connectivity index (χ1v) is 5.93. The van der Waals surface area contributed by atoms with Crippen LogP contribution in [0, 0.1) is 0 Å². The van der Waals surface area contributed by atoms with Crippen molar-refractivity contribution in [3.63, 3.8) is 0 Å². The molecule has 1 aliphatic heterocycles. The Balaban J connectivity index is 2.10. The van der Waals surface area contributed by atoms with E-state index in [2.05, 4.69) is 4.99 Å². The molecule has 1 aromatic rings. The summed E-state index contributed by atoms with van der Waals surface area (Å²) in [6.45, 7) is 0.957. The minimum Gasteiger partial charge on any atom is -0.363 e. The molecule has 0 N–H and O–H groups in total. The lowest BCUT2D eigenvalue weighted by atomic mass is 10.3. The summed E-state index contributed by atoms with van der Waals surface area (Å²) >= 11 is 4.99. The predicted molar refractivity (Wildman–Crippen MR) is 71.9 cm³/mol. The Labute approximate surface area is 105 Å². The molecule has 0 aliphatic carbocycles. The van der Waals surface area contributed by atoms with E-state index < -0.39 is 0 Å². The number of benzene rings is 1. The van der Waals surface area contributed by atoms with Gasteiger partial charge in [-0.3, -0.25) is 0 Å². The molecular formula is C12H14FN3S. The van der Waals surface area contributed by atoms with Gasteiger partial charge in [-0.1, -0.05) is 22.7 Å². The lowest BCUT2D eigenvalue weighted by Crippen LogP contribution is -2.24. The van der Waals surface area contributed by atoms with E-state index in [1.165, 1.54) is 0 Å². The number of halogens is 1. The van der Waals surface area contributed by atoms with E-state index in [0.717, 1.165) is 25.2 Å². The highest BCUT2D eigenvalue weighted by atomic mass is 32.1. The number of para-hydroxylation sites is 1. The zero-order valence-corrected chi connectivity index (χ0v) is 10.5. The molecule has 0 atom stereocenters. The normalized spacial score (nSPS) is 17.5. The van der Waals surface area contributed by atoms with Crippen molar-refractivity contribution in [2.24, 2.45) is 4.99 Å². The van der Waals surface area contributed by atoms with Gasteiger partial charge in [0.05, 0.1) is 5.69 Å². The minimum absolute atomic E-state index is 0.0417. The Hall–Kier alpha value is -1.49. The topological polar surface area (TPSA) is 18.8 Å². The summed E-state index contributed by atoms with van der Waals surface area (Å²) in [6, 6.07) is 8.67. The number of rotatable bonds is 1. The highest BCUT2D eigenvalue weighted by Gasteiger charge is 2.17. The maximum Gasteiger partial charge on any atom is 0.230 e. The van der Waals surface area contributed by atoms with Gasteiger partial charge in [-0.25, -0.2) is 4.99 Å². The number of amidine groups is 1. The number of anilines is 1. The molecule has 17 heavy (non-hydrogen) atoms. The summed E-state index contributed by atoms with van der Waals surface area (Å²) in [6.07, 6.45) is 1.91. The van der Waals surface area contributed by atoms with E-state index in [4.69, 9.17) is 12.2 Å². The van der Waals surface area contributed by atoms with Crippen molar-refractivity contribution >= 4 is 28.9 Å². The van der Waals surface area contributed by atoms with Crippen molar-refractivity contribution in [2.45, 2.75) is 12.8 Å². The molecule has 1 aromatic carbocycles. The third kappa shape index (κ3) is 2.79. The fourth-order valence-corrected chi connectivity index (χ4v) is 1.97. The van der Waals surface area contributed by atoms with Gasteiger partial charge < -0.3 is 4.90 Å². The summed E-state index contributed by atoms with van der Waals surface area (Å²) in [5, 5.41) is 0.397. The minimum atomic E-state index is -0.0417. The number of nitrogens with zero attached hydrogens (tertiary/aromatic N) is 3. The van der Waals surface area contributed by atoms with E-state index in [1.54, 1.807) is 24.3 Å². The van der Waals surface area contributed by atoms with Gasteiger partial charge in [0.1, 0.15) is 5.84 Å². The highest BCUT2D eigenvalue weighted by Crippen LogP contribution is 2.16. The number of hydrogen-bond acceptors (Lipinski definition) is 1. The van der Waals surface area contributed by atoms with E-state index in [0.29, 0.717) is 10.8 Å². The van der Waals surface area contributed by atoms with Gasteiger partial charge in [0.2, 0.25) is 5.11 Å². The largest absolute Gasteiger partial charge is 0.363 e. The Morgan fingerprint density at radius 2 is 2.12 bits per heavy atom. The van der Waals surface area contributed by atoms with Gasteiger partial charge in [0.15, 0.2) is 0 Å². The van der Waals surface area contributed by atoms with Crippen LogP contribution in [0.25, 0.3) is 0 Å². The van der Waals surface area contributed by atoms with Gasteiger partial charge in [-0.2, -0.15) is 5.12 Å². The van der Waals surface area contributed by atoms with Crippen LogP contribution in [0.4, 0.5) is 10.2 Å². The average molecular weight is 251 g/mol. The lowest BCUT2D eigenvalue weighted by Gasteiger charge is -2.14. The summed E-state index contributed by atoms with van der Waals surface area (Å²) in [5.74, 6) is 0.855. The number of aliphatic imine (C=N–C) groups is 1. The van der Waals surface area contributed by atoms with Crippen molar-refractivity contribution in [1.82, 2.24) is 4.90 Å². The van der Waals surface area contributed by atoms with E-state index in [1.807, 2.05) is 18.0 Å². The van der Waals surface area contributed by atoms with Crippen molar-refractivity contribution in [1.29, 1.82) is 0 Å². The quantitative estimate of drug-likeness (QED) is 0.565. The maximum atomic E-state index is 13.9. The molecule has 5 heteroatoms. The second-order valence-electron chi connectivity index (χ2n) is 3.95. The first kappa shape index (κ1) is 12.0. The molecule has 0 spiro atoms. The van der Waals surface area contributed by atoms with Crippen LogP contribution in [0.1, 0.15) is 12.8 Å². The fourth-order valence-electron chi connectivity index (χ4n) is 1.76. The molecule has 1 aliphatic rings. The van der Waals surface area contributed by atoms with Gasteiger partial charge in [0, 0.05) is 20.0 Å². The van der Waals surface area contributed by atoms with Crippen molar-refractivity contribution in [2.75, 3.05) is 18.7 Å². The molecule has 2 rings (SSSR count). The van der Waals surface area contributed by atoms with Crippen LogP contribution < -0.4 is 5.12 Å².